The van der Waals surface area contributed by atoms with Crippen molar-refractivity contribution < 1.29 is 4.79 Å². The van der Waals surface area contributed by atoms with Crippen molar-refractivity contribution in [2.24, 2.45) is 0 Å². The van der Waals surface area contributed by atoms with Gasteiger partial charge in [-0.1, -0.05) is 65.4 Å². The lowest BCUT2D eigenvalue weighted by Crippen LogP contribution is -2.28. The summed E-state index contributed by atoms with van der Waals surface area (Å²) in [5.41, 5.74) is 1.00. The van der Waals surface area contributed by atoms with Gasteiger partial charge in [0.2, 0.25) is 0 Å². The summed E-state index contributed by atoms with van der Waals surface area (Å²) in [6.07, 6.45) is 3.94. The van der Waals surface area contributed by atoms with E-state index in [2.05, 4.69) is 22.9 Å². The molecule has 0 spiro atoms. The summed E-state index contributed by atoms with van der Waals surface area (Å²) in [6.45, 7) is 2.83. The summed E-state index contributed by atoms with van der Waals surface area (Å²) in [6, 6.07) is 7.87. The van der Waals surface area contributed by atoms with E-state index in [4.69, 9.17) is 12.2 Å². The first-order chi connectivity index (χ1) is 9.11. The lowest BCUT2D eigenvalue weighted by Gasteiger charge is -2.12. The summed E-state index contributed by atoms with van der Waals surface area (Å²) in [4.78, 5) is 14.7. The Morgan fingerprint density at radius 3 is 2.95 bits per heavy atom. The van der Waals surface area contributed by atoms with Crippen LogP contribution in [0.4, 0.5) is 0 Å². The molecular weight excluding hydrogens is 342 g/mol. The van der Waals surface area contributed by atoms with Gasteiger partial charge in [-0.3, -0.25) is 9.69 Å². The maximum absolute atomic E-state index is 12.2. The molecule has 0 aliphatic carbocycles. The molecule has 0 N–H and O–H groups in total. The first-order valence-electron chi connectivity index (χ1n) is 6.12. The van der Waals surface area contributed by atoms with Gasteiger partial charge in [0.05, 0.1) is 4.91 Å². The van der Waals surface area contributed by atoms with Crippen LogP contribution >= 0.6 is 39.9 Å². The monoisotopic (exact) mass is 355 g/mol. The van der Waals surface area contributed by atoms with Gasteiger partial charge in [0.1, 0.15) is 4.32 Å². The fraction of sp³-hybridized carbons (Fsp3) is 0.286. The lowest BCUT2D eigenvalue weighted by molar-refractivity contribution is -0.122. The molecule has 1 aromatic carbocycles. The third kappa shape index (κ3) is 3.68. The number of hydrogen-bond acceptors (Lipinski definition) is 3. The van der Waals surface area contributed by atoms with E-state index < -0.39 is 0 Å². The molecule has 1 aliphatic heterocycles. The van der Waals surface area contributed by atoms with Crippen molar-refractivity contribution >= 4 is 56.2 Å². The number of halogens is 1. The fourth-order valence-electron chi connectivity index (χ4n) is 1.76. The van der Waals surface area contributed by atoms with E-state index in [1.54, 1.807) is 4.90 Å². The Morgan fingerprint density at radius 2 is 2.26 bits per heavy atom. The maximum Gasteiger partial charge on any atom is 0.266 e. The minimum Gasteiger partial charge on any atom is -0.293 e. The largest absolute Gasteiger partial charge is 0.293 e. The molecule has 0 atom stereocenters. The van der Waals surface area contributed by atoms with Gasteiger partial charge in [-0.05, 0) is 30.2 Å². The van der Waals surface area contributed by atoms with Gasteiger partial charge in [0.25, 0.3) is 5.91 Å². The van der Waals surface area contributed by atoms with Crippen LogP contribution < -0.4 is 0 Å². The first kappa shape index (κ1) is 14.8. The van der Waals surface area contributed by atoms with Gasteiger partial charge in [0, 0.05) is 11.0 Å². The van der Waals surface area contributed by atoms with Crippen LogP contribution in [0.2, 0.25) is 0 Å². The summed E-state index contributed by atoms with van der Waals surface area (Å²) >= 11 is 10.1. The number of carbonyl (C=O) groups excluding carboxylic acids is 1. The molecule has 1 amide bonds. The Bertz CT molecular complexity index is 542. The normalized spacial score (nSPS) is 17.6. The van der Waals surface area contributed by atoms with Crippen LogP contribution in [0.5, 0.6) is 0 Å². The second-order valence-corrected chi connectivity index (χ2v) is 6.83. The average Bonchev–Trinajstić information content (AvgIpc) is 2.62. The van der Waals surface area contributed by atoms with Gasteiger partial charge in [-0.2, -0.15) is 0 Å². The molecule has 19 heavy (non-hydrogen) atoms. The molecule has 1 saturated heterocycles. The van der Waals surface area contributed by atoms with Gasteiger partial charge in [-0.15, -0.1) is 0 Å². The molecule has 1 fully saturated rings. The number of unbranched alkanes of at least 4 members (excludes halogenated alkanes) is 1. The van der Waals surface area contributed by atoms with Crippen LogP contribution in [-0.2, 0) is 4.79 Å². The van der Waals surface area contributed by atoms with E-state index >= 15 is 0 Å². The highest BCUT2D eigenvalue weighted by molar-refractivity contribution is 9.10. The van der Waals surface area contributed by atoms with Crippen LogP contribution in [0, 0.1) is 0 Å². The molecule has 5 heteroatoms. The van der Waals surface area contributed by atoms with Crippen molar-refractivity contribution in [1.82, 2.24) is 4.90 Å². The third-order valence-corrected chi connectivity index (χ3v) is 4.63. The molecule has 100 valence electrons. The second kappa shape index (κ2) is 6.68. The Hall–Kier alpha value is -0.650. The molecule has 0 aromatic heterocycles. The molecule has 0 radical (unpaired) electrons. The summed E-state index contributed by atoms with van der Waals surface area (Å²) in [5.74, 6) is 0.0309. The van der Waals surface area contributed by atoms with Gasteiger partial charge in [0.15, 0.2) is 0 Å². The van der Waals surface area contributed by atoms with Gasteiger partial charge in [-0.25, -0.2) is 0 Å². The number of hydrogen-bond donors (Lipinski definition) is 0. The number of carbonyl (C=O) groups is 1. The Kier molecular flexibility index (Phi) is 5.19. The number of nitrogens with zero attached hydrogens (tertiary/aromatic N) is 1. The Labute approximate surface area is 131 Å². The van der Waals surface area contributed by atoms with Crippen LogP contribution in [0.15, 0.2) is 33.6 Å². The van der Waals surface area contributed by atoms with E-state index in [1.807, 2.05) is 30.3 Å². The zero-order valence-corrected chi connectivity index (χ0v) is 13.8. The zero-order valence-electron chi connectivity index (χ0n) is 10.6. The smallest absolute Gasteiger partial charge is 0.266 e. The molecule has 1 aliphatic rings. The predicted octanol–water partition coefficient (Wildman–Crippen LogP) is 4.45. The number of rotatable bonds is 4. The van der Waals surface area contributed by atoms with Gasteiger partial charge >= 0.3 is 0 Å². The highest BCUT2D eigenvalue weighted by Gasteiger charge is 2.31. The van der Waals surface area contributed by atoms with Crippen LogP contribution in [0.25, 0.3) is 6.08 Å². The molecule has 0 unspecified atom stereocenters. The highest BCUT2D eigenvalue weighted by Crippen LogP contribution is 2.32. The zero-order chi connectivity index (χ0) is 13.8. The standard InChI is InChI=1S/C14H14BrNOS2/c1-2-3-7-16-13(17)12(19-14(16)18)9-10-5-4-6-11(15)8-10/h4-6,8-9H,2-3,7H2,1H3/b12-9-. The van der Waals surface area contributed by atoms with Crippen LogP contribution in [0.3, 0.4) is 0 Å². The minimum absolute atomic E-state index is 0.0309. The van der Waals surface area contributed by atoms with E-state index in [1.165, 1.54) is 11.8 Å². The molecule has 0 bridgehead atoms. The summed E-state index contributed by atoms with van der Waals surface area (Å²) in [5, 5.41) is 0. The second-order valence-electron chi connectivity index (χ2n) is 4.24. The summed E-state index contributed by atoms with van der Waals surface area (Å²) in [7, 11) is 0. The average molecular weight is 356 g/mol. The third-order valence-electron chi connectivity index (χ3n) is 2.76. The maximum atomic E-state index is 12.2. The fourth-order valence-corrected chi connectivity index (χ4v) is 3.48. The van der Waals surface area contributed by atoms with Crippen molar-refractivity contribution in [2.45, 2.75) is 19.8 Å². The molecule has 0 saturated carbocycles. The topological polar surface area (TPSA) is 20.3 Å². The first-order valence-corrected chi connectivity index (χ1v) is 8.14. The minimum atomic E-state index is 0.0309. The van der Waals surface area contributed by atoms with Crippen molar-refractivity contribution in [2.75, 3.05) is 6.54 Å². The summed E-state index contributed by atoms with van der Waals surface area (Å²) < 4.78 is 1.67. The van der Waals surface area contributed by atoms with E-state index in [-0.39, 0.29) is 5.91 Å². The molecular formula is C14H14BrNOS2. The molecule has 2 nitrogen and oxygen atoms in total. The molecule has 1 heterocycles. The van der Waals surface area contributed by atoms with Crippen molar-refractivity contribution in [1.29, 1.82) is 0 Å². The van der Waals surface area contributed by atoms with Crippen molar-refractivity contribution in [3.8, 4) is 0 Å². The van der Waals surface area contributed by atoms with E-state index in [9.17, 15) is 4.79 Å². The Morgan fingerprint density at radius 1 is 1.47 bits per heavy atom. The lowest BCUT2D eigenvalue weighted by atomic mass is 10.2. The van der Waals surface area contributed by atoms with Crippen molar-refractivity contribution in [3.05, 3.63) is 39.2 Å². The quantitative estimate of drug-likeness (QED) is 0.587. The van der Waals surface area contributed by atoms with Gasteiger partial charge < -0.3 is 0 Å². The number of thioether (sulfide) groups is 1. The van der Waals surface area contributed by atoms with Crippen LogP contribution in [0.1, 0.15) is 25.3 Å². The van der Waals surface area contributed by atoms with Crippen molar-refractivity contribution in [3.63, 3.8) is 0 Å². The van der Waals surface area contributed by atoms with E-state index in [0.717, 1.165) is 29.4 Å². The Balaban J connectivity index is 2.18. The molecule has 2 rings (SSSR count). The predicted molar refractivity (Wildman–Crippen MR) is 88.9 cm³/mol. The molecule has 1 aromatic rings. The number of amides is 1. The number of benzene rings is 1. The highest BCUT2D eigenvalue weighted by atomic mass is 79.9. The van der Waals surface area contributed by atoms with E-state index in [0.29, 0.717) is 9.23 Å². The number of thiocarbonyl (C=S) groups is 1. The SMILES string of the molecule is CCCCN1C(=O)/C(=C/c2cccc(Br)c2)SC1=S. The van der Waals surface area contributed by atoms with Crippen LogP contribution in [-0.4, -0.2) is 21.7 Å².